The van der Waals surface area contributed by atoms with E-state index in [4.69, 9.17) is 0 Å². The topological polar surface area (TPSA) is 32.3 Å². The van der Waals surface area contributed by atoms with Gasteiger partial charge in [-0.05, 0) is 47.5 Å². The summed E-state index contributed by atoms with van der Waals surface area (Å²) >= 11 is 3.50. The molecule has 0 spiro atoms. The Morgan fingerprint density at radius 3 is 2.67 bits per heavy atom. The summed E-state index contributed by atoms with van der Waals surface area (Å²) in [6.45, 7) is 2.65. The molecule has 0 fully saturated rings. The minimum Gasteiger partial charge on any atom is -0.508 e. The molecular weight excluding hydrogens is 326 g/mol. The fourth-order valence-electron chi connectivity index (χ4n) is 2.46. The Bertz CT molecular complexity index is 798. The van der Waals surface area contributed by atoms with Crippen LogP contribution < -0.4 is 5.32 Å². The van der Waals surface area contributed by atoms with Gasteiger partial charge in [-0.15, -0.1) is 0 Å². The smallest absolute Gasteiger partial charge is 0.121 e. The molecule has 0 amide bonds. The number of benzene rings is 3. The average molecular weight is 342 g/mol. The van der Waals surface area contributed by atoms with Gasteiger partial charge in [0.15, 0.2) is 0 Å². The second-order valence-corrected chi connectivity index (χ2v) is 5.96. The standard InChI is InChI=1S/C18H16BrNO/c1-12-10-14(7-8-17(12)19)20-11-16-15-5-3-2-4-13(15)6-9-18(16)21/h2-10,20-21H,11H2,1H3. The predicted molar refractivity (Wildman–Crippen MR) is 91.8 cm³/mol. The van der Waals surface area contributed by atoms with E-state index in [2.05, 4.69) is 40.3 Å². The van der Waals surface area contributed by atoms with Crippen LogP contribution in [0.5, 0.6) is 5.75 Å². The monoisotopic (exact) mass is 341 g/mol. The third-order valence-corrected chi connectivity index (χ3v) is 4.53. The summed E-state index contributed by atoms with van der Waals surface area (Å²) in [5.74, 6) is 0.329. The second-order valence-electron chi connectivity index (χ2n) is 5.10. The Balaban J connectivity index is 1.91. The van der Waals surface area contributed by atoms with E-state index in [1.165, 1.54) is 5.56 Å². The number of aryl methyl sites for hydroxylation is 1. The number of rotatable bonds is 3. The molecule has 0 radical (unpaired) electrons. The Morgan fingerprint density at radius 2 is 1.86 bits per heavy atom. The van der Waals surface area contributed by atoms with Crippen molar-refractivity contribution in [1.82, 2.24) is 0 Å². The molecule has 0 aliphatic rings. The molecule has 2 N–H and O–H groups in total. The lowest BCUT2D eigenvalue weighted by Crippen LogP contribution is -2.01. The highest BCUT2D eigenvalue weighted by molar-refractivity contribution is 9.10. The van der Waals surface area contributed by atoms with E-state index in [0.717, 1.165) is 26.5 Å². The third-order valence-electron chi connectivity index (χ3n) is 3.64. The summed E-state index contributed by atoms with van der Waals surface area (Å²) in [5, 5.41) is 15.7. The summed E-state index contributed by atoms with van der Waals surface area (Å²) in [5.41, 5.74) is 3.15. The first-order chi connectivity index (χ1) is 10.1. The fraction of sp³-hybridized carbons (Fsp3) is 0.111. The first kappa shape index (κ1) is 14.0. The highest BCUT2D eigenvalue weighted by atomic mass is 79.9. The quantitative estimate of drug-likeness (QED) is 0.683. The summed E-state index contributed by atoms with van der Waals surface area (Å²) in [6, 6.07) is 17.9. The maximum absolute atomic E-state index is 10.1. The number of hydrogen-bond donors (Lipinski definition) is 2. The fourth-order valence-corrected chi connectivity index (χ4v) is 2.70. The molecule has 0 unspecified atom stereocenters. The lowest BCUT2D eigenvalue weighted by molar-refractivity contribution is 0.470. The number of nitrogens with one attached hydrogen (secondary N) is 1. The number of fused-ring (bicyclic) bond motifs is 1. The zero-order chi connectivity index (χ0) is 14.8. The van der Waals surface area contributed by atoms with Gasteiger partial charge >= 0.3 is 0 Å². The Hall–Kier alpha value is -2.00. The molecule has 0 atom stereocenters. The number of halogens is 1. The van der Waals surface area contributed by atoms with Crippen LogP contribution in [-0.4, -0.2) is 5.11 Å². The molecule has 0 aliphatic heterocycles. The van der Waals surface area contributed by atoms with Crippen molar-refractivity contribution in [2.45, 2.75) is 13.5 Å². The lowest BCUT2D eigenvalue weighted by Gasteiger charge is -2.12. The highest BCUT2D eigenvalue weighted by Gasteiger charge is 2.06. The van der Waals surface area contributed by atoms with Gasteiger partial charge in [-0.1, -0.05) is 46.3 Å². The van der Waals surface area contributed by atoms with Crippen LogP contribution in [0, 0.1) is 6.92 Å². The Labute approximate surface area is 132 Å². The van der Waals surface area contributed by atoms with E-state index in [9.17, 15) is 5.11 Å². The van der Waals surface area contributed by atoms with Gasteiger partial charge in [0.05, 0.1) is 0 Å². The highest BCUT2D eigenvalue weighted by Crippen LogP contribution is 2.28. The van der Waals surface area contributed by atoms with Crippen molar-refractivity contribution in [3.63, 3.8) is 0 Å². The van der Waals surface area contributed by atoms with Crippen molar-refractivity contribution in [2.24, 2.45) is 0 Å². The van der Waals surface area contributed by atoms with Crippen LogP contribution >= 0.6 is 15.9 Å². The first-order valence-electron chi connectivity index (χ1n) is 6.85. The molecular formula is C18H16BrNO. The average Bonchev–Trinajstić information content (AvgIpc) is 2.50. The van der Waals surface area contributed by atoms with Crippen molar-refractivity contribution in [2.75, 3.05) is 5.32 Å². The van der Waals surface area contributed by atoms with Crippen LogP contribution in [0.25, 0.3) is 10.8 Å². The van der Waals surface area contributed by atoms with Gasteiger partial charge in [0.25, 0.3) is 0 Å². The molecule has 3 aromatic carbocycles. The van der Waals surface area contributed by atoms with Crippen molar-refractivity contribution >= 4 is 32.4 Å². The van der Waals surface area contributed by atoms with Crippen molar-refractivity contribution in [3.05, 3.63) is 70.2 Å². The molecule has 3 rings (SSSR count). The maximum Gasteiger partial charge on any atom is 0.121 e. The van der Waals surface area contributed by atoms with Gasteiger partial charge in [-0.2, -0.15) is 0 Å². The van der Waals surface area contributed by atoms with Gasteiger partial charge in [0.1, 0.15) is 5.75 Å². The van der Waals surface area contributed by atoms with Gasteiger partial charge < -0.3 is 10.4 Å². The predicted octanol–water partition coefficient (Wildman–Crippen LogP) is 5.23. The zero-order valence-corrected chi connectivity index (χ0v) is 13.3. The molecule has 0 saturated heterocycles. The SMILES string of the molecule is Cc1cc(NCc2c(O)ccc3ccccc23)ccc1Br. The third kappa shape index (κ3) is 2.88. The van der Waals surface area contributed by atoms with Crippen LogP contribution in [0.15, 0.2) is 59.1 Å². The molecule has 106 valence electrons. The molecule has 3 aromatic rings. The number of phenols is 1. The molecule has 0 heterocycles. The number of anilines is 1. The lowest BCUT2D eigenvalue weighted by atomic mass is 10.0. The molecule has 3 heteroatoms. The number of aromatic hydroxyl groups is 1. The van der Waals surface area contributed by atoms with E-state index < -0.39 is 0 Å². The van der Waals surface area contributed by atoms with Crippen LogP contribution in [0.3, 0.4) is 0 Å². The number of hydrogen-bond acceptors (Lipinski definition) is 2. The maximum atomic E-state index is 10.1. The van der Waals surface area contributed by atoms with Crippen LogP contribution in [0.4, 0.5) is 5.69 Å². The van der Waals surface area contributed by atoms with Crippen molar-refractivity contribution < 1.29 is 5.11 Å². The molecule has 0 aliphatic carbocycles. The minimum atomic E-state index is 0.329. The van der Waals surface area contributed by atoms with Crippen LogP contribution in [0.2, 0.25) is 0 Å². The largest absolute Gasteiger partial charge is 0.508 e. The van der Waals surface area contributed by atoms with Gasteiger partial charge in [0.2, 0.25) is 0 Å². The van der Waals surface area contributed by atoms with E-state index in [1.54, 1.807) is 6.07 Å². The summed E-state index contributed by atoms with van der Waals surface area (Å²) < 4.78 is 1.10. The number of phenolic OH excluding ortho intramolecular Hbond substituents is 1. The van der Waals surface area contributed by atoms with E-state index in [1.807, 2.05) is 36.4 Å². The molecule has 0 bridgehead atoms. The van der Waals surface area contributed by atoms with Crippen LogP contribution in [-0.2, 0) is 6.54 Å². The summed E-state index contributed by atoms with van der Waals surface area (Å²) in [6.07, 6.45) is 0. The van der Waals surface area contributed by atoms with Gasteiger partial charge in [0, 0.05) is 22.3 Å². The Morgan fingerprint density at radius 1 is 1.05 bits per heavy atom. The van der Waals surface area contributed by atoms with Gasteiger partial charge in [-0.25, -0.2) is 0 Å². The second kappa shape index (κ2) is 5.78. The van der Waals surface area contributed by atoms with Crippen LogP contribution in [0.1, 0.15) is 11.1 Å². The molecule has 0 aromatic heterocycles. The Kier molecular flexibility index (Phi) is 3.84. The van der Waals surface area contributed by atoms with Gasteiger partial charge in [-0.3, -0.25) is 0 Å². The van der Waals surface area contributed by atoms with Crippen molar-refractivity contribution in [1.29, 1.82) is 0 Å². The normalized spacial score (nSPS) is 10.8. The molecule has 2 nitrogen and oxygen atoms in total. The first-order valence-corrected chi connectivity index (χ1v) is 7.64. The van der Waals surface area contributed by atoms with Crippen molar-refractivity contribution in [3.8, 4) is 5.75 Å². The summed E-state index contributed by atoms with van der Waals surface area (Å²) in [4.78, 5) is 0. The summed E-state index contributed by atoms with van der Waals surface area (Å²) in [7, 11) is 0. The minimum absolute atomic E-state index is 0.329. The zero-order valence-electron chi connectivity index (χ0n) is 11.7. The molecule has 21 heavy (non-hydrogen) atoms. The van der Waals surface area contributed by atoms with E-state index in [0.29, 0.717) is 12.3 Å². The van der Waals surface area contributed by atoms with E-state index in [-0.39, 0.29) is 0 Å². The molecule has 0 saturated carbocycles. The van der Waals surface area contributed by atoms with E-state index >= 15 is 0 Å².